The molecule has 1 amide bonds. The Hall–Kier alpha value is -2.88. The Kier molecular flexibility index (Phi) is 6.30. The first kappa shape index (κ1) is 19.9. The number of carbonyl (C=O) groups excluding carboxylic acids is 1. The molecule has 1 heterocycles. The predicted octanol–water partition coefficient (Wildman–Crippen LogP) is 4.00. The van der Waals surface area contributed by atoms with Crippen molar-refractivity contribution in [3.8, 4) is 17.5 Å². The average molecular weight is 414 g/mol. The maximum Gasteiger partial charge on any atom is 0.227 e. The number of halogens is 2. The predicted molar refractivity (Wildman–Crippen MR) is 108 cm³/mol. The number of hydrogen-bond acceptors (Lipinski definition) is 4. The number of aromatic nitrogens is 3. The zero-order valence-corrected chi connectivity index (χ0v) is 16.6. The van der Waals surface area contributed by atoms with Gasteiger partial charge in [0, 0.05) is 28.7 Å². The van der Waals surface area contributed by atoms with Crippen molar-refractivity contribution in [2.24, 2.45) is 0 Å². The van der Waals surface area contributed by atoms with Crippen molar-refractivity contribution in [3.63, 3.8) is 0 Å². The maximum atomic E-state index is 12.4. The van der Waals surface area contributed by atoms with Crippen molar-refractivity contribution in [2.45, 2.75) is 26.4 Å². The van der Waals surface area contributed by atoms with E-state index in [9.17, 15) is 4.79 Å². The van der Waals surface area contributed by atoms with Crippen molar-refractivity contribution in [3.05, 3.63) is 69.5 Å². The van der Waals surface area contributed by atoms with Crippen molar-refractivity contribution in [1.29, 1.82) is 5.26 Å². The molecule has 0 atom stereocenters. The van der Waals surface area contributed by atoms with Gasteiger partial charge in [-0.25, -0.2) is 9.67 Å². The fraction of sp³-hybridized carbons (Fsp3) is 0.200. The van der Waals surface area contributed by atoms with Crippen LogP contribution >= 0.6 is 23.2 Å². The number of nitriles is 1. The molecule has 0 radical (unpaired) electrons. The SMILES string of the molecule is CCn1nc(-c2ccc(C#N)cc2)nc1CC(=O)NCc1cc(Cl)cc(Cl)c1. The summed E-state index contributed by atoms with van der Waals surface area (Å²) in [5.74, 6) is 0.920. The lowest BCUT2D eigenvalue weighted by molar-refractivity contribution is -0.120. The molecule has 0 unspecified atom stereocenters. The molecule has 0 aliphatic rings. The van der Waals surface area contributed by atoms with E-state index in [0.29, 0.717) is 40.3 Å². The second kappa shape index (κ2) is 8.87. The maximum absolute atomic E-state index is 12.4. The summed E-state index contributed by atoms with van der Waals surface area (Å²) < 4.78 is 1.70. The summed E-state index contributed by atoms with van der Waals surface area (Å²) in [5.41, 5.74) is 2.18. The quantitative estimate of drug-likeness (QED) is 0.661. The number of nitrogens with one attached hydrogen (secondary N) is 1. The molecular weight excluding hydrogens is 397 g/mol. The Morgan fingerprint density at radius 1 is 1.18 bits per heavy atom. The van der Waals surface area contributed by atoms with Crippen molar-refractivity contribution in [2.75, 3.05) is 0 Å². The zero-order chi connectivity index (χ0) is 20.1. The normalized spacial score (nSPS) is 10.5. The topological polar surface area (TPSA) is 83.6 Å². The lowest BCUT2D eigenvalue weighted by Crippen LogP contribution is -2.26. The molecule has 1 N–H and O–H groups in total. The molecular formula is C20H17Cl2N5O. The third-order valence-corrected chi connectivity index (χ3v) is 4.49. The summed E-state index contributed by atoms with van der Waals surface area (Å²) >= 11 is 12.0. The van der Waals surface area contributed by atoms with Gasteiger partial charge >= 0.3 is 0 Å². The van der Waals surface area contributed by atoms with E-state index in [4.69, 9.17) is 28.5 Å². The molecule has 28 heavy (non-hydrogen) atoms. The molecule has 0 bridgehead atoms. The molecule has 3 rings (SSSR count). The van der Waals surface area contributed by atoms with Gasteiger partial charge in [-0.3, -0.25) is 4.79 Å². The third kappa shape index (κ3) is 4.89. The summed E-state index contributed by atoms with van der Waals surface area (Å²) in [6.07, 6.45) is 0.103. The van der Waals surface area contributed by atoms with Gasteiger partial charge in [0.1, 0.15) is 5.82 Å². The minimum atomic E-state index is -0.176. The molecule has 0 saturated carbocycles. The van der Waals surface area contributed by atoms with Crippen LogP contribution in [0.15, 0.2) is 42.5 Å². The zero-order valence-electron chi connectivity index (χ0n) is 15.1. The fourth-order valence-electron chi connectivity index (χ4n) is 2.69. The van der Waals surface area contributed by atoms with E-state index >= 15 is 0 Å². The number of benzene rings is 2. The number of aryl methyl sites for hydroxylation is 1. The highest BCUT2D eigenvalue weighted by molar-refractivity contribution is 6.34. The Morgan fingerprint density at radius 3 is 2.46 bits per heavy atom. The smallest absolute Gasteiger partial charge is 0.227 e. The van der Waals surface area contributed by atoms with Crippen LogP contribution in [-0.2, 0) is 24.3 Å². The van der Waals surface area contributed by atoms with Gasteiger partial charge in [-0.1, -0.05) is 23.2 Å². The molecule has 3 aromatic rings. The van der Waals surface area contributed by atoms with Crippen LogP contribution in [0.1, 0.15) is 23.9 Å². The highest BCUT2D eigenvalue weighted by atomic mass is 35.5. The highest BCUT2D eigenvalue weighted by Gasteiger charge is 2.14. The minimum Gasteiger partial charge on any atom is -0.352 e. The second-order valence-corrected chi connectivity index (χ2v) is 6.96. The van der Waals surface area contributed by atoms with Crippen molar-refractivity contribution in [1.82, 2.24) is 20.1 Å². The Balaban J connectivity index is 1.69. The van der Waals surface area contributed by atoms with Crippen LogP contribution in [0, 0.1) is 11.3 Å². The molecule has 8 heteroatoms. The first-order valence-electron chi connectivity index (χ1n) is 8.64. The van der Waals surface area contributed by atoms with E-state index < -0.39 is 0 Å². The summed E-state index contributed by atoms with van der Waals surface area (Å²) in [6, 6.07) is 14.2. The van der Waals surface area contributed by atoms with Gasteiger partial charge in [0.25, 0.3) is 0 Å². The van der Waals surface area contributed by atoms with Crippen LogP contribution in [0.3, 0.4) is 0 Å². The van der Waals surface area contributed by atoms with Gasteiger partial charge in [0.2, 0.25) is 5.91 Å². The number of carbonyl (C=O) groups is 1. The molecule has 142 valence electrons. The Morgan fingerprint density at radius 2 is 1.86 bits per heavy atom. The van der Waals surface area contributed by atoms with Crippen LogP contribution in [-0.4, -0.2) is 20.7 Å². The van der Waals surface area contributed by atoms with Crippen molar-refractivity contribution >= 4 is 29.1 Å². The van der Waals surface area contributed by atoms with E-state index in [0.717, 1.165) is 11.1 Å². The number of rotatable bonds is 6. The van der Waals surface area contributed by atoms with Crippen LogP contribution < -0.4 is 5.32 Å². The lowest BCUT2D eigenvalue weighted by Gasteiger charge is -2.07. The molecule has 6 nitrogen and oxygen atoms in total. The van der Waals surface area contributed by atoms with E-state index in [1.807, 2.05) is 6.92 Å². The van der Waals surface area contributed by atoms with Gasteiger partial charge in [0.05, 0.1) is 18.1 Å². The molecule has 0 aliphatic heterocycles. The molecule has 0 aliphatic carbocycles. The molecule has 1 aromatic heterocycles. The number of hydrogen-bond donors (Lipinski definition) is 1. The van der Waals surface area contributed by atoms with Crippen molar-refractivity contribution < 1.29 is 4.79 Å². The average Bonchev–Trinajstić information content (AvgIpc) is 3.08. The van der Waals surface area contributed by atoms with E-state index in [-0.39, 0.29) is 12.3 Å². The minimum absolute atomic E-state index is 0.103. The summed E-state index contributed by atoms with van der Waals surface area (Å²) in [4.78, 5) is 16.9. The largest absolute Gasteiger partial charge is 0.352 e. The molecule has 0 spiro atoms. The van der Waals surface area contributed by atoms with E-state index in [2.05, 4.69) is 21.5 Å². The first-order chi connectivity index (χ1) is 13.5. The lowest BCUT2D eigenvalue weighted by atomic mass is 10.1. The molecule has 2 aromatic carbocycles. The van der Waals surface area contributed by atoms with Crippen LogP contribution in [0.2, 0.25) is 10.0 Å². The second-order valence-electron chi connectivity index (χ2n) is 6.09. The van der Waals surface area contributed by atoms with E-state index in [1.54, 1.807) is 47.1 Å². The number of nitrogens with zero attached hydrogens (tertiary/aromatic N) is 4. The Labute approximate surface area is 172 Å². The standard InChI is InChI=1S/C20H17Cl2N5O/c1-2-27-18(25-20(26-27)15-5-3-13(11-23)4-6-15)10-19(28)24-12-14-7-16(21)9-17(22)8-14/h3-9H,2,10,12H2,1H3,(H,24,28). The summed E-state index contributed by atoms with van der Waals surface area (Å²) in [6.45, 7) is 2.85. The van der Waals surface area contributed by atoms with E-state index in [1.165, 1.54) is 0 Å². The van der Waals surface area contributed by atoms with Gasteiger partial charge in [-0.15, -0.1) is 0 Å². The molecule has 0 fully saturated rings. The van der Waals surface area contributed by atoms with Crippen LogP contribution in [0.5, 0.6) is 0 Å². The number of amides is 1. The van der Waals surface area contributed by atoms with Crippen LogP contribution in [0.4, 0.5) is 0 Å². The van der Waals surface area contributed by atoms with Gasteiger partial charge in [-0.05, 0) is 55.0 Å². The van der Waals surface area contributed by atoms with Gasteiger partial charge in [-0.2, -0.15) is 10.4 Å². The molecule has 0 saturated heterocycles. The monoisotopic (exact) mass is 413 g/mol. The van der Waals surface area contributed by atoms with Crippen LogP contribution in [0.25, 0.3) is 11.4 Å². The fourth-order valence-corrected chi connectivity index (χ4v) is 3.27. The summed E-state index contributed by atoms with van der Waals surface area (Å²) in [7, 11) is 0. The first-order valence-corrected chi connectivity index (χ1v) is 9.40. The third-order valence-electron chi connectivity index (χ3n) is 4.05. The Bertz CT molecular complexity index is 1020. The summed E-state index contributed by atoms with van der Waals surface area (Å²) in [5, 5.41) is 17.2. The van der Waals surface area contributed by atoms with Gasteiger partial charge in [0.15, 0.2) is 5.82 Å². The highest BCUT2D eigenvalue weighted by Crippen LogP contribution is 2.19. The van der Waals surface area contributed by atoms with Gasteiger partial charge < -0.3 is 5.32 Å².